The zero-order chi connectivity index (χ0) is 16.7. The lowest BCUT2D eigenvalue weighted by Crippen LogP contribution is -2.36. The molecule has 0 saturated carbocycles. The van der Waals surface area contributed by atoms with Gasteiger partial charge in [-0.25, -0.2) is 0 Å². The first-order valence-corrected chi connectivity index (χ1v) is 8.75. The summed E-state index contributed by atoms with van der Waals surface area (Å²) in [6.07, 6.45) is 4.05. The summed E-state index contributed by atoms with van der Waals surface area (Å²) in [7, 11) is 1.68. The second-order valence-corrected chi connectivity index (χ2v) is 6.77. The molecule has 128 valence electrons. The highest BCUT2D eigenvalue weighted by atomic mass is 16.5. The quantitative estimate of drug-likeness (QED) is 0.799. The third kappa shape index (κ3) is 5.54. The molecule has 0 aliphatic carbocycles. The Morgan fingerprint density at radius 1 is 1.22 bits per heavy atom. The Hall–Kier alpha value is -1.55. The van der Waals surface area contributed by atoms with Crippen molar-refractivity contribution in [2.45, 2.75) is 45.6 Å². The first-order chi connectivity index (χ1) is 11.1. The van der Waals surface area contributed by atoms with Crippen molar-refractivity contribution in [3.63, 3.8) is 0 Å². The fraction of sp³-hybridized carbons (Fsp3) is 0.632. The molecule has 1 atom stereocenters. The van der Waals surface area contributed by atoms with Gasteiger partial charge >= 0.3 is 0 Å². The van der Waals surface area contributed by atoms with Crippen LogP contribution in [0, 0.1) is 5.92 Å². The normalized spacial score (nSPS) is 16.5. The van der Waals surface area contributed by atoms with E-state index in [0.717, 1.165) is 25.3 Å². The van der Waals surface area contributed by atoms with Crippen LogP contribution in [0.4, 0.5) is 0 Å². The Balaban J connectivity index is 1.98. The van der Waals surface area contributed by atoms with Gasteiger partial charge in [-0.05, 0) is 56.0 Å². The summed E-state index contributed by atoms with van der Waals surface area (Å²) in [6, 6.07) is 8.48. The highest BCUT2D eigenvalue weighted by Gasteiger charge is 2.23. The molecule has 0 radical (unpaired) electrons. The summed E-state index contributed by atoms with van der Waals surface area (Å²) < 4.78 is 5.24. The van der Waals surface area contributed by atoms with Crippen LogP contribution in [-0.2, 0) is 4.79 Å². The van der Waals surface area contributed by atoms with E-state index in [1.54, 1.807) is 7.11 Å². The van der Waals surface area contributed by atoms with Crippen LogP contribution in [0.25, 0.3) is 0 Å². The average Bonchev–Trinajstić information content (AvgIpc) is 3.08. The highest BCUT2D eigenvalue weighted by molar-refractivity contribution is 5.75. The number of ether oxygens (including phenoxy) is 1. The van der Waals surface area contributed by atoms with Crippen molar-refractivity contribution in [1.29, 1.82) is 0 Å². The van der Waals surface area contributed by atoms with Gasteiger partial charge in [0.15, 0.2) is 0 Å². The zero-order valence-corrected chi connectivity index (χ0v) is 14.7. The van der Waals surface area contributed by atoms with Gasteiger partial charge in [0.25, 0.3) is 0 Å². The van der Waals surface area contributed by atoms with E-state index in [4.69, 9.17) is 4.74 Å². The van der Waals surface area contributed by atoms with Gasteiger partial charge in [0.2, 0.25) is 5.91 Å². The number of hydrogen-bond acceptors (Lipinski definition) is 3. The van der Waals surface area contributed by atoms with Crippen LogP contribution in [0.5, 0.6) is 5.75 Å². The number of carbonyl (C=O) groups excluding carboxylic acids is 1. The van der Waals surface area contributed by atoms with Gasteiger partial charge in [0.05, 0.1) is 13.2 Å². The molecule has 0 bridgehead atoms. The van der Waals surface area contributed by atoms with Crippen molar-refractivity contribution in [2.75, 3.05) is 26.7 Å². The Bertz CT molecular complexity index is 479. The monoisotopic (exact) mass is 318 g/mol. The fourth-order valence-corrected chi connectivity index (χ4v) is 3.06. The zero-order valence-electron chi connectivity index (χ0n) is 14.7. The maximum absolute atomic E-state index is 12.0. The van der Waals surface area contributed by atoms with Gasteiger partial charge < -0.3 is 10.1 Å². The van der Waals surface area contributed by atoms with Crippen LogP contribution < -0.4 is 10.1 Å². The maximum atomic E-state index is 12.0. The van der Waals surface area contributed by atoms with Crippen molar-refractivity contribution in [3.8, 4) is 5.75 Å². The summed E-state index contributed by atoms with van der Waals surface area (Å²) in [5, 5.41) is 3.13. The third-order valence-electron chi connectivity index (χ3n) is 4.52. The molecule has 1 saturated heterocycles. The molecule has 4 heteroatoms. The van der Waals surface area contributed by atoms with Crippen molar-refractivity contribution in [3.05, 3.63) is 29.8 Å². The Morgan fingerprint density at radius 3 is 2.43 bits per heavy atom. The molecule has 23 heavy (non-hydrogen) atoms. The van der Waals surface area contributed by atoms with Crippen LogP contribution in [-0.4, -0.2) is 37.6 Å². The van der Waals surface area contributed by atoms with Crippen LogP contribution >= 0.6 is 0 Å². The van der Waals surface area contributed by atoms with Gasteiger partial charge in [0, 0.05) is 13.0 Å². The van der Waals surface area contributed by atoms with Crippen LogP contribution in [0.15, 0.2) is 24.3 Å². The summed E-state index contributed by atoms with van der Waals surface area (Å²) in [5.74, 6) is 1.60. The van der Waals surface area contributed by atoms with E-state index in [1.165, 1.54) is 18.4 Å². The summed E-state index contributed by atoms with van der Waals surface area (Å²) in [6.45, 7) is 7.20. The van der Waals surface area contributed by atoms with Gasteiger partial charge in [-0.15, -0.1) is 0 Å². The largest absolute Gasteiger partial charge is 0.497 e. The number of rotatable bonds is 8. The molecule has 1 aromatic carbocycles. The van der Waals surface area contributed by atoms with Crippen LogP contribution in [0.2, 0.25) is 0 Å². The SMILES string of the molecule is COc1ccc(C(CNC(=O)CCC(C)C)N2CCCC2)cc1. The number of carbonyl (C=O) groups is 1. The molecular formula is C19H30N2O2. The molecule has 1 aliphatic rings. The molecule has 2 rings (SSSR count). The minimum Gasteiger partial charge on any atom is -0.497 e. The van der Waals surface area contributed by atoms with E-state index in [0.29, 0.717) is 18.9 Å². The van der Waals surface area contributed by atoms with Gasteiger partial charge in [-0.1, -0.05) is 26.0 Å². The summed E-state index contributed by atoms with van der Waals surface area (Å²) in [5.41, 5.74) is 1.25. The standard InChI is InChI=1S/C19H30N2O2/c1-15(2)6-11-19(22)20-14-18(21-12-4-5-13-21)16-7-9-17(23-3)10-8-16/h7-10,15,18H,4-6,11-14H2,1-3H3,(H,20,22). The molecule has 0 spiro atoms. The molecule has 1 unspecified atom stereocenters. The average molecular weight is 318 g/mol. The predicted octanol–water partition coefficient (Wildman–Crippen LogP) is 3.38. The van der Waals surface area contributed by atoms with Crippen molar-refractivity contribution < 1.29 is 9.53 Å². The van der Waals surface area contributed by atoms with Crippen LogP contribution in [0.3, 0.4) is 0 Å². The molecule has 1 fully saturated rings. The molecule has 1 amide bonds. The van der Waals surface area contributed by atoms with Crippen LogP contribution in [0.1, 0.15) is 51.1 Å². The lowest BCUT2D eigenvalue weighted by molar-refractivity contribution is -0.121. The van der Waals surface area contributed by atoms with Gasteiger partial charge in [-0.2, -0.15) is 0 Å². The molecule has 1 aliphatic heterocycles. The number of benzene rings is 1. The van der Waals surface area contributed by atoms with Crippen molar-refractivity contribution >= 4 is 5.91 Å². The molecular weight excluding hydrogens is 288 g/mol. The van der Waals surface area contributed by atoms with E-state index in [9.17, 15) is 4.79 Å². The predicted molar refractivity (Wildman–Crippen MR) is 93.6 cm³/mol. The summed E-state index contributed by atoms with van der Waals surface area (Å²) >= 11 is 0. The third-order valence-corrected chi connectivity index (χ3v) is 4.52. The molecule has 1 N–H and O–H groups in total. The topological polar surface area (TPSA) is 41.6 Å². The smallest absolute Gasteiger partial charge is 0.220 e. The molecule has 0 aromatic heterocycles. The number of nitrogens with one attached hydrogen (secondary N) is 1. The number of hydrogen-bond donors (Lipinski definition) is 1. The van der Waals surface area contributed by atoms with E-state index < -0.39 is 0 Å². The second-order valence-electron chi connectivity index (χ2n) is 6.77. The Labute approximate surface area is 140 Å². The number of nitrogens with zero attached hydrogens (tertiary/aromatic N) is 1. The fourth-order valence-electron chi connectivity index (χ4n) is 3.06. The van der Waals surface area contributed by atoms with Gasteiger partial charge in [-0.3, -0.25) is 9.69 Å². The number of methoxy groups -OCH3 is 1. The number of likely N-dealkylation sites (tertiary alicyclic amines) is 1. The van der Waals surface area contributed by atoms with E-state index in [-0.39, 0.29) is 11.9 Å². The second kappa shape index (κ2) is 8.92. The Kier molecular flexibility index (Phi) is 6.90. The minimum atomic E-state index is 0.163. The lowest BCUT2D eigenvalue weighted by Gasteiger charge is -2.28. The Morgan fingerprint density at radius 2 is 1.87 bits per heavy atom. The summed E-state index contributed by atoms with van der Waals surface area (Å²) in [4.78, 5) is 14.5. The van der Waals surface area contributed by atoms with E-state index >= 15 is 0 Å². The first-order valence-electron chi connectivity index (χ1n) is 8.75. The van der Waals surface area contributed by atoms with Crippen molar-refractivity contribution in [2.24, 2.45) is 5.92 Å². The number of amides is 1. The lowest BCUT2D eigenvalue weighted by atomic mass is 10.0. The molecule has 4 nitrogen and oxygen atoms in total. The minimum absolute atomic E-state index is 0.163. The van der Waals surface area contributed by atoms with Gasteiger partial charge in [0.1, 0.15) is 5.75 Å². The van der Waals surface area contributed by atoms with E-state index in [2.05, 4.69) is 36.2 Å². The van der Waals surface area contributed by atoms with E-state index in [1.807, 2.05) is 12.1 Å². The molecule has 1 aromatic rings. The molecule has 1 heterocycles. The maximum Gasteiger partial charge on any atom is 0.220 e. The van der Waals surface area contributed by atoms with Crippen molar-refractivity contribution in [1.82, 2.24) is 10.2 Å². The first kappa shape index (κ1) is 17.8. The highest BCUT2D eigenvalue weighted by Crippen LogP contribution is 2.26.